The maximum atomic E-state index is 13.3. The fourth-order valence-electron chi connectivity index (χ4n) is 1.37. The summed E-state index contributed by atoms with van der Waals surface area (Å²) in [6, 6.07) is 3.47. The van der Waals surface area contributed by atoms with Gasteiger partial charge in [-0.2, -0.15) is 0 Å². The molecule has 0 saturated carbocycles. The van der Waals surface area contributed by atoms with Crippen molar-refractivity contribution in [1.29, 1.82) is 0 Å². The summed E-state index contributed by atoms with van der Waals surface area (Å²) in [5, 5.41) is 0. The Morgan fingerprint density at radius 3 is 2.69 bits per heavy atom. The van der Waals surface area contributed by atoms with Gasteiger partial charge in [-0.15, -0.1) is 0 Å². The van der Waals surface area contributed by atoms with E-state index >= 15 is 0 Å². The van der Waals surface area contributed by atoms with Crippen molar-refractivity contribution in [3.63, 3.8) is 0 Å². The minimum absolute atomic E-state index is 0.0843. The van der Waals surface area contributed by atoms with Gasteiger partial charge in [0.05, 0.1) is 7.11 Å². The molecule has 16 heavy (non-hydrogen) atoms. The molecule has 0 aliphatic heterocycles. The molecule has 2 nitrogen and oxygen atoms in total. The van der Waals surface area contributed by atoms with Gasteiger partial charge in [-0.25, -0.2) is 13.2 Å². The standard InChI is InChI=1S/C11H11F3O2/c1-16-10(15)6-5-7-8(11(13)14)3-2-4-9(7)12/h2-4,11H,5-6H2,1H3. The number of halogens is 3. The van der Waals surface area contributed by atoms with E-state index in [1.807, 2.05) is 0 Å². The number of hydrogen-bond donors (Lipinski definition) is 0. The third-order valence-electron chi connectivity index (χ3n) is 2.20. The lowest BCUT2D eigenvalue weighted by Crippen LogP contribution is -2.05. The lowest BCUT2D eigenvalue weighted by molar-refractivity contribution is -0.140. The Hall–Kier alpha value is -1.52. The highest BCUT2D eigenvalue weighted by Crippen LogP contribution is 2.25. The number of methoxy groups -OCH3 is 1. The van der Waals surface area contributed by atoms with Crippen molar-refractivity contribution in [2.45, 2.75) is 19.3 Å². The summed E-state index contributed by atoms with van der Waals surface area (Å²) in [4.78, 5) is 10.8. The first kappa shape index (κ1) is 12.5. The van der Waals surface area contributed by atoms with E-state index < -0.39 is 18.2 Å². The first-order valence-electron chi connectivity index (χ1n) is 4.68. The van der Waals surface area contributed by atoms with Crippen LogP contribution in [0, 0.1) is 5.82 Å². The highest BCUT2D eigenvalue weighted by molar-refractivity contribution is 5.69. The minimum Gasteiger partial charge on any atom is -0.469 e. The minimum atomic E-state index is -2.75. The number of esters is 1. The third-order valence-corrected chi connectivity index (χ3v) is 2.20. The number of benzene rings is 1. The Morgan fingerprint density at radius 2 is 2.12 bits per heavy atom. The molecule has 0 saturated heterocycles. The Balaban J connectivity index is 2.88. The number of hydrogen-bond acceptors (Lipinski definition) is 2. The van der Waals surface area contributed by atoms with Gasteiger partial charge >= 0.3 is 5.97 Å². The Bertz CT molecular complexity index is 377. The van der Waals surface area contributed by atoms with E-state index in [0.29, 0.717) is 0 Å². The number of carbonyl (C=O) groups excluding carboxylic acids is 1. The van der Waals surface area contributed by atoms with E-state index in [1.165, 1.54) is 13.2 Å². The molecule has 1 aromatic rings. The lowest BCUT2D eigenvalue weighted by Gasteiger charge is -2.09. The highest BCUT2D eigenvalue weighted by Gasteiger charge is 2.17. The van der Waals surface area contributed by atoms with Crippen LogP contribution in [0.4, 0.5) is 13.2 Å². The second kappa shape index (κ2) is 5.53. The van der Waals surface area contributed by atoms with Crippen molar-refractivity contribution in [1.82, 2.24) is 0 Å². The van der Waals surface area contributed by atoms with Crippen LogP contribution in [-0.4, -0.2) is 13.1 Å². The van der Waals surface area contributed by atoms with Crippen LogP contribution in [0.3, 0.4) is 0 Å². The quantitative estimate of drug-likeness (QED) is 0.746. The molecule has 0 aliphatic carbocycles. The van der Waals surface area contributed by atoms with Crippen molar-refractivity contribution in [2.75, 3.05) is 7.11 Å². The van der Waals surface area contributed by atoms with E-state index in [1.54, 1.807) is 0 Å². The molecule has 0 bridgehead atoms. The van der Waals surface area contributed by atoms with Gasteiger partial charge in [-0.1, -0.05) is 12.1 Å². The second-order valence-electron chi connectivity index (χ2n) is 3.18. The molecule has 0 aliphatic rings. The van der Waals surface area contributed by atoms with Gasteiger partial charge in [0, 0.05) is 12.0 Å². The van der Waals surface area contributed by atoms with E-state index in [-0.39, 0.29) is 24.0 Å². The summed E-state index contributed by atoms with van der Waals surface area (Å²) in [6.07, 6.45) is -2.95. The molecule has 5 heteroatoms. The van der Waals surface area contributed by atoms with E-state index in [9.17, 15) is 18.0 Å². The molecule has 0 unspecified atom stereocenters. The molecule has 0 fully saturated rings. The fourth-order valence-corrected chi connectivity index (χ4v) is 1.37. The Morgan fingerprint density at radius 1 is 1.44 bits per heavy atom. The molecule has 0 heterocycles. The second-order valence-corrected chi connectivity index (χ2v) is 3.18. The number of rotatable bonds is 4. The van der Waals surface area contributed by atoms with Crippen LogP contribution in [0.5, 0.6) is 0 Å². The van der Waals surface area contributed by atoms with Gasteiger partial charge in [-0.3, -0.25) is 4.79 Å². The van der Waals surface area contributed by atoms with Crippen molar-refractivity contribution in [3.05, 3.63) is 35.1 Å². The van der Waals surface area contributed by atoms with Gasteiger partial charge in [0.25, 0.3) is 6.43 Å². The molecule has 1 rings (SSSR count). The van der Waals surface area contributed by atoms with E-state index in [0.717, 1.165) is 12.1 Å². The van der Waals surface area contributed by atoms with Crippen LogP contribution in [0.25, 0.3) is 0 Å². The first-order valence-corrected chi connectivity index (χ1v) is 4.68. The van der Waals surface area contributed by atoms with Crippen molar-refractivity contribution in [3.8, 4) is 0 Å². The molecular formula is C11H11F3O2. The fraction of sp³-hybridized carbons (Fsp3) is 0.364. The van der Waals surface area contributed by atoms with Crippen molar-refractivity contribution >= 4 is 5.97 Å². The number of carbonyl (C=O) groups is 1. The summed E-state index contributed by atoms with van der Waals surface area (Å²) in [5.74, 6) is -1.27. The van der Waals surface area contributed by atoms with Crippen molar-refractivity contribution < 1.29 is 22.7 Å². The summed E-state index contributed by atoms with van der Waals surface area (Å²) >= 11 is 0. The molecule has 0 aromatic heterocycles. The molecule has 0 N–H and O–H groups in total. The average molecular weight is 232 g/mol. The van der Waals surface area contributed by atoms with E-state index in [2.05, 4.69) is 4.74 Å². The van der Waals surface area contributed by atoms with Crippen LogP contribution in [-0.2, 0) is 16.0 Å². The summed E-state index contributed by atoms with van der Waals surface area (Å²) in [5.41, 5.74) is -0.494. The molecule has 0 radical (unpaired) electrons. The number of ether oxygens (including phenoxy) is 1. The molecule has 1 aromatic carbocycles. The molecular weight excluding hydrogens is 221 g/mol. The van der Waals surface area contributed by atoms with Crippen molar-refractivity contribution in [2.24, 2.45) is 0 Å². The zero-order valence-corrected chi connectivity index (χ0v) is 8.67. The topological polar surface area (TPSA) is 26.3 Å². The molecule has 0 amide bonds. The van der Waals surface area contributed by atoms with Gasteiger partial charge in [0.15, 0.2) is 0 Å². The summed E-state index contributed by atoms with van der Waals surface area (Å²) < 4.78 is 42.7. The monoisotopic (exact) mass is 232 g/mol. The SMILES string of the molecule is COC(=O)CCc1c(F)cccc1C(F)F. The van der Waals surface area contributed by atoms with Crippen LogP contribution in [0.2, 0.25) is 0 Å². The highest BCUT2D eigenvalue weighted by atomic mass is 19.3. The zero-order valence-electron chi connectivity index (χ0n) is 8.67. The van der Waals surface area contributed by atoms with Gasteiger partial charge in [0.2, 0.25) is 0 Å². The predicted molar refractivity (Wildman–Crippen MR) is 51.7 cm³/mol. The Labute approximate surface area is 91.0 Å². The average Bonchev–Trinajstić information content (AvgIpc) is 2.26. The maximum absolute atomic E-state index is 13.3. The van der Waals surface area contributed by atoms with Crippen LogP contribution >= 0.6 is 0 Å². The Kier molecular flexibility index (Phi) is 4.34. The third kappa shape index (κ3) is 2.98. The zero-order chi connectivity index (χ0) is 12.1. The number of alkyl halides is 2. The summed E-state index contributed by atoms with van der Waals surface area (Å²) in [7, 11) is 1.19. The first-order chi connectivity index (χ1) is 7.56. The predicted octanol–water partition coefficient (Wildman–Crippen LogP) is 2.87. The molecule has 0 spiro atoms. The van der Waals surface area contributed by atoms with Crippen LogP contribution < -0.4 is 0 Å². The van der Waals surface area contributed by atoms with Crippen LogP contribution in [0.1, 0.15) is 24.0 Å². The van der Waals surface area contributed by atoms with Crippen LogP contribution in [0.15, 0.2) is 18.2 Å². The molecule has 0 atom stereocenters. The smallest absolute Gasteiger partial charge is 0.305 e. The molecule has 88 valence electrons. The van der Waals surface area contributed by atoms with E-state index in [4.69, 9.17) is 0 Å². The van der Waals surface area contributed by atoms with Gasteiger partial charge in [-0.05, 0) is 18.1 Å². The largest absolute Gasteiger partial charge is 0.469 e. The normalized spacial score (nSPS) is 10.6. The maximum Gasteiger partial charge on any atom is 0.305 e. The lowest BCUT2D eigenvalue weighted by atomic mass is 10.0. The van der Waals surface area contributed by atoms with Gasteiger partial charge < -0.3 is 4.74 Å². The summed E-state index contributed by atoms with van der Waals surface area (Å²) in [6.45, 7) is 0. The van der Waals surface area contributed by atoms with Gasteiger partial charge in [0.1, 0.15) is 5.82 Å².